The normalized spacial score (nSPS) is 14.0. The van der Waals surface area contributed by atoms with Gasteiger partial charge in [-0.05, 0) is 57.8 Å². The summed E-state index contributed by atoms with van der Waals surface area (Å²) in [6, 6.07) is -1.52. The van der Waals surface area contributed by atoms with Crippen LogP contribution in [-0.2, 0) is 37.5 Å². The smallest absolute Gasteiger partial charge is 0.472 e. The van der Waals surface area contributed by atoms with E-state index in [1.807, 2.05) is 0 Å². The summed E-state index contributed by atoms with van der Waals surface area (Å²) in [6.45, 7) is 2.75. The fraction of sp³-hybridized carbons (Fsp3) is 0.829. The molecule has 0 radical (unpaired) electrons. The summed E-state index contributed by atoms with van der Waals surface area (Å²) in [7, 11) is -4.71. The summed E-state index contributed by atoms with van der Waals surface area (Å²) in [5.74, 6) is -2.39. The number of ether oxygens (including phenoxy) is 2. The zero-order chi connectivity index (χ0) is 39.3. The summed E-state index contributed by atoms with van der Waals surface area (Å²) in [4.78, 5) is 45.9. The maximum atomic E-state index is 12.6. The van der Waals surface area contributed by atoms with Gasteiger partial charge in [0.15, 0.2) is 6.10 Å². The highest BCUT2D eigenvalue weighted by molar-refractivity contribution is 7.47. The number of carbonyl (C=O) groups is 3. The molecule has 0 aromatic carbocycles. The molecule has 12 heteroatoms. The van der Waals surface area contributed by atoms with Crippen molar-refractivity contribution in [1.82, 2.24) is 0 Å². The Bertz CT molecular complexity index is 1010. The lowest BCUT2D eigenvalue weighted by Crippen LogP contribution is -2.34. The van der Waals surface area contributed by atoms with E-state index in [1.54, 1.807) is 0 Å². The number of rotatable bonds is 39. The molecule has 0 saturated carbocycles. The van der Waals surface area contributed by atoms with Crippen molar-refractivity contribution in [2.75, 3.05) is 19.8 Å². The lowest BCUT2D eigenvalue weighted by atomic mass is 10.1. The molecule has 0 fully saturated rings. The molecule has 4 N–H and O–H groups in total. The fourth-order valence-electron chi connectivity index (χ4n) is 5.57. The van der Waals surface area contributed by atoms with Gasteiger partial charge < -0.3 is 25.2 Å². The number of unbranched alkanes of at least 4 members (excludes halogenated alkanes) is 21. The number of nitrogens with two attached hydrogens (primary N) is 1. The number of phosphoric ester groups is 1. The van der Waals surface area contributed by atoms with Crippen LogP contribution in [0.2, 0.25) is 0 Å². The topological polar surface area (TPSA) is 172 Å². The van der Waals surface area contributed by atoms with Gasteiger partial charge in [0.25, 0.3) is 0 Å². The molecule has 0 heterocycles. The second kappa shape index (κ2) is 36.9. The molecule has 11 nitrogen and oxygen atoms in total. The average Bonchev–Trinajstić information content (AvgIpc) is 3.13. The Morgan fingerprint density at radius 2 is 0.962 bits per heavy atom. The number of esters is 2. The molecule has 0 rings (SSSR count). The molecule has 0 aliphatic carbocycles. The van der Waals surface area contributed by atoms with E-state index in [1.165, 1.54) is 89.9 Å². The van der Waals surface area contributed by atoms with Gasteiger partial charge in [0, 0.05) is 12.8 Å². The van der Waals surface area contributed by atoms with Crippen molar-refractivity contribution < 1.29 is 47.5 Å². The maximum absolute atomic E-state index is 12.6. The molecule has 0 aromatic heterocycles. The van der Waals surface area contributed by atoms with E-state index in [9.17, 15) is 23.8 Å². The monoisotopic (exact) mass is 774 g/mol. The number of hydrogen-bond acceptors (Lipinski definition) is 9. The van der Waals surface area contributed by atoms with Crippen LogP contribution in [0.5, 0.6) is 0 Å². The first-order valence-electron chi connectivity index (χ1n) is 20.9. The number of allylic oxidation sites excluding steroid dienone is 4. The number of carboxylic acid groups (broad SMARTS) is 1. The average molecular weight is 774 g/mol. The Morgan fingerprint density at radius 3 is 1.43 bits per heavy atom. The zero-order valence-electron chi connectivity index (χ0n) is 33.4. The Labute approximate surface area is 321 Å². The van der Waals surface area contributed by atoms with Crippen LogP contribution in [0.15, 0.2) is 24.3 Å². The first-order valence-corrected chi connectivity index (χ1v) is 22.4. The van der Waals surface area contributed by atoms with Crippen LogP contribution in [0.3, 0.4) is 0 Å². The van der Waals surface area contributed by atoms with Crippen molar-refractivity contribution in [3.8, 4) is 0 Å². The Hall–Kier alpha value is -2.04. The molecule has 0 saturated heterocycles. The van der Waals surface area contributed by atoms with E-state index in [0.29, 0.717) is 12.8 Å². The van der Waals surface area contributed by atoms with Gasteiger partial charge in [-0.2, -0.15) is 0 Å². The van der Waals surface area contributed by atoms with Gasteiger partial charge in [-0.25, -0.2) is 4.57 Å². The highest BCUT2D eigenvalue weighted by Gasteiger charge is 2.28. The maximum Gasteiger partial charge on any atom is 0.472 e. The van der Waals surface area contributed by atoms with Gasteiger partial charge >= 0.3 is 25.7 Å². The van der Waals surface area contributed by atoms with Gasteiger partial charge in [-0.3, -0.25) is 23.4 Å². The molecule has 1 unspecified atom stereocenters. The van der Waals surface area contributed by atoms with Gasteiger partial charge in [-0.1, -0.05) is 141 Å². The lowest BCUT2D eigenvalue weighted by Gasteiger charge is -2.20. The third-order valence-electron chi connectivity index (χ3n) is 8.92. The Morgan fingerprint density at radius 1 is 0.566 bits per heavy atom. The molecule has 53 heavy (non-hydrogen) atoms. The molecular formula is C41H76NO10P. The van der Waals surface area contributed by atoms with Crippen molar-refractivity contribution in [3.05, 3.63) is 24.3 Å². The number of phosphoric acid groups is 1. The highest BCUT2D eigenvalue weighted by Crippen LogP contribution is 2.43. The van der Waals surface area contributed by atoms with Crippen LogP contribution in [0.4, 0.5) is 0 Å². The molecule has 0 amide bonds. The number of aliphatic carboxylic acids is 1. The van der Waals surface area contributed by atoms with Gasteiger partial charge in [0.1, 0.15) is 12.6 Å². The third-order valence-corrected chi connectivity index (χ3v) is 9.87. The van der Waals surface area contributed by atoms with Crippen LogP contribution in [0, 0.1) is 0 Å². The van der Waals surface area contributed by atoms with Gasteiger partial charge in [0.05, 0.1) is 13.2 Å². The Kier molecular flexibility index (Phi) is 35.5. The molecular weight excluding hydrogens is 697 g/mol. The molecule has 0 aliphatic heterocycles. The minimum atomic E-state index is -4.71. The van der Waals surface area contributed by atoms with Crippen molar-refractivity contribution in [3.63, 3.8) is 0 Å². The fourth-order valence-corrected chi connectivity index (χ4v) is 6.35. The minimum absolute atomic E-state index is 0.152. The summed E-state index contributed by atoms with van der Waals surface area (Å²) < 4.78 is 32.6. The molecule has 3 atom stereocenters. The number of carbonyl (C=O) groups excluding carboxylic acids is 2. The van der Waals surface area contributed by atoms with Crippen molar-refractivity contribution in [2.45, 2.75) is 199 Å². The molecule has 310 valence electrons. The van der Waals surface area contributed by atoms with Gasteiger partial charge in [0.2, 0.25) is 0 Å². The van der Waals surface area contributed by atoms with Crippen molar-refractivity contribution >= 4 is 25.7 Å². The van der Waals surface area contributed by atoms with E-state index in [-0.39, 0.29) is 19.4 Å². The molecule has 0 aliphatic rings. The van der Waals surface area contributed by atoms with Crippen molar-refractivity contribution in [1.29, 1.82) is 0 Å². The SMILES string of the molecule is CCCC/C=C/CCCCCCCCCCCC(=O)OC[C@H](COP(=O)(O)OC[C@H](N)C(=O)O)OC(=O)CCCCCCC/C=C/CCCCCCC. The first kappa shape index (κ1) is 51.0. The number of hydrogen-bond donors (Lipinski definition) is 3. The van der Waals surface area contributed by atoms with E-state index in [0.717, 1.165) is 57.8 Å². The van der Waals surface area contributed by atoms with Crippen LogP contribution < -0.4 is 5.73 Å². The van der Waals surface area contributed by atoms with E-state index < -0.39 is 51.1 Å². The van der Waals surface area contributed by atoms with E-state index in [2.05, 4.69) is 42.7 Å². The Balaban J connectivity index is 4.39. The summed E-state index contributed by atoms with van der Waals surface area (Å²) in [6.07, 6.45) is 36.7. The molecule has 0 spiro atoms. The van der Waals surface area contributed by atoms with Crippen LogP contribution in [0.25, 0.3) is 0 Å². The quantitative estimate of drug-likeness (QED) is 0.0235. The number of carboxylic acids is 1. The lowest BCUT2D eigenvalue weighted by molar-refractivity contribution is -0.161. The standard InChI is InChI=1S/C41H76NO10P/c1-3-5-7-9-11-13-15-17-19-21-22-24-26-28-30-32-39(43)49-34-37(35-50-53(47,48)51-36-38(42)41(45)46)52-40(44)33-31-29-27-25-23-20-18-16-14-12-10-8-6-4-2/h9,11,16,18,37-38H,3-8,10,12-15,17,19-36,42H2,1-2H3,(H,45,46)(H,47,48)/b11-9+,18-16+/t37-,38+/m1/s1. The summed E-state index contributed by atoms with van der Waals surface area (Å²) in [5, 5.41) is 8.87. The summed E-state index contributed by atoms with van der Waals surface area (Å²) >= 11 is 0. The van der Waals surface area contributed by atoms with E-state index in [4.69, 9.17) is 24.8 Å². The molecule has 0 bridgehead atoms. The predicted octanol–water partition coefficient (Wildman–Crippen LogP) is 10.7. The second-order valence-electron chi connectivity index (χ2n) is 14.1. The summed E-state index contributed by atoms with van der Waals surface area (Å²) in [5.41, 5.74) is 5.32. The third kappa shape index (κ3) is 36.7. The van der Waals surface area contributed by atoms with E-state index >= 15 is 0 Å². The van der Waals surface area contributed by atoms with Crippen LogP contribution >= 0.6 is 7.82 Å². The van der Waals surface area contributed by atoms with Gasteiger partial charge in [-0.15, -0.1) is 0 Å². The second-order valence-corrected chi connectivity index (χ2v) is 15.6. The highest BCUT2D eigenvalue weighted by atomic mass is 31.2. The van der Waals surface area contributed by atoms with Crippen LogP contribution in [-0.4, -0.2) is 59.9 Å². The van der Waals surface area contributed by atoms with Crippen molar-refractivity contribution in [2.24, 2.45) is 5.73 Å². The first-order chi connectivity index (χ1) is 25.6. The largest absolute Gasteiger partial charge is 0.480 e. The predicted molar refractivity (Wildman–Crippen MR) is 212 cm³/mol. The minimum Gasteiger partial charge on any atom is -0.480 e. The van der Waals surface area contributed by atoms with Crippen LogP contribution in [0.1, 0.15) is 187 Å². The zero-order valence-corrected chi connectivity index (χ0v) is 34.3. The molecule has 0 aromatic rings.